The molecule has 4 aromatic rings. The number of fused-ring (bicyclic) bond motifs is 1. The minimum absolute atomic E-state index is 0.197. The van der Waals surface area contributed by atoms with Gasteiger partial charge < -0.3 is 14.3 Å². The number of carbonyl (C=O) groups excluding carboxylic acids is 1. The Morgan fingerprint density at radius 3 is 2.58 bits per heavy atom. The first-order valence-corrected chi connectivity index (χ1v) is 12.8. The molecule has 0 bridgehead atoms. The third kappa shape index (κ3) is 4.41. The lowest BCUT2D eigenvalue weighted by Gasteiger charge is -2.24. The van der Waals surface area contributed by atoms with Gasteiger partial charge in [0.15, 0.2) is 4.80 Å². The van der Waals surface area contributed by atoms with E-state index in [1.807, 2.05) is 30.3 Å². The summed E-state index contributed by atoms with van der Waals surface area (Å²) in [7, 11) is 0. The maximum Gasteiger partial charge on any atom is 0.338 e. The second-order valence-corrected chi connectivity index (χ2v) is 9.71. The average Bonchev–Trinajstić information content (AvgIpc) is 3.48. The molecule has 0 saturated heterocycles. The molecule has 1 aliphatic heterocycles. The predicted molar refractivity (Wildman–Crippen MR) is 143 cm³/mol. The summed E-state index contributed by atoms with van der Waals surface area (Å²) < 4.78 is 13.2. The largest absolute Gasteiger partial charge is 0.478 e. The van der Waals surface area contributed by atoms with Gasteiger partial charge in [0.05, 0.1) is 34.0 Å². The highest BCUT2D eigenvalue weighted by Gasteiger charge is 2.33. The Labute approximate surface area is 221 Å². The first-order chi connectivity index (χ1) is 18.3. The van der Waals surface area contributed by atoms with Crippen LogP contribution in [0.2, 0.25) is 0 Å². The molecule has 1 N–H and O–H groups in total. The number of aromatic carboxylic acids is 1. The summed E-state index contributed by atoms with van der Waals surface area (Å²) in [5.74, 6) is -0.593. The van der Waals surface area contributed by atoms with Crippen LogP contribution < -0.4 is 14.9 Å². The number of furan rings is 1. The Morgan fingerprint density at radius 1 is 1.11 bits per heavy atom. The van der Waals surface area contributed by atoms with E-state index in [1.54, 1.807) is 57.2 Å². The van der Waals surface area contributed by atoms with Crippen LogP contribution in [0.4, 0.5) is 0 Å². The van der Waals surface area contributed by atoms with Crippen molar-refractivity contribution >= 4 is 29.4 Å². The van der Waals surface area contributed by atoms with Crippen molar-refractivity contribution in [1.29, 1.82) is 0 Å². The van der Waals surface area contributed by atoms with Crippen LogP contribution in [0.5, 0.6) is 0 Å². The van der Waals surface area contributed by atoms with Crippen LogP contribution in [0.1, 0.15) is 47.1 Å². The number of ether oxygens (including phenoxy) is 1. The first-order valence-electron chi connectivity index (χ1n) is 12.0. The topological polar surface area (TPSA) is 111 Å². The van der Waals surface area contributed by atoms with Crippen molar-refractivity contribution in [3.63, 3.8) is 0 Å². The first kappa shape index (κ1) is 25.2. The van der Waals surface area contributed by atoms with Crippen molar-refractivity contribution in [2.75, 3.05) is 6.61 Å². The molecule has 1 atom stereocenters. The van der Waals surface area contributed by atoms with E-state index < -0.39 is 18.0 Å². The number of esters is 1. The van der Waals surface area contributed by atoms with Gasteiger partial charge in [-0.25, -0.2) is 14.6 Å². The van der Waals surface area contributed by atoms with E-state index >= 15 is 0 Å². The van der Waals surface area contributed by atoms with Gasteiger partial charge in [-0.15, -0.1) is 0 Å². The van der Waals surface area contributed by atoms with Crippen molar-refractivity contribution < 1.29 is 23.8 Å². The standard InChI is InChI=1S/C29H24N2O6S/c1-4-36-28(35)24-17(3)30-29-31(25(24)18-9-6-5-7-10-18)26(32)23(38-29)15-19-13-14-22(37-19)20-11-8-12-21(16(20)2)27(33)34/h5-15,25H,4H2,1-3H3,(H,33,34)/b23-15-/t25-/m1/s1. The fraction of sp³-hybridized carbons (Fsp3) is 0.172. The maximum absolute atomic E-state index is 13.7. The molecular formula is C29H24N2O6S. The number of hydrogen-bond donors (Lipinski definition) is 1. The molecule has 9 heteroatoms. The number of hydrogen-bond acceptors (Lipinski definition) is 7. The van der Waals surface area contributed by atoms with Gasteiger partial charge in [0.25, 0.3) is 5.56 Å². The van der Waals surface area contributed by atoms with E-state index in [2.05, 4.69) is 4.99 Å². The fourth-order valence-electron chi connectivity index (χ4n) is 4.58. The van der Waals surface area contributed by atoms with E-state index in [0.717, 1.165) is 5.56 Å². The summed E-state index contributed by atoms with van der Waals surface area (Å²) in [6.45, 7) is 5.41. The molecule has 0 saturated carbocycles. The fourth-order valence-corrected chi connectivity index (χ4v) is 5.61. The molecule has 0 unspecified atom stereocenters. The van der Waals surface area contributed by atoms with E-state index in [4.69, 9.17) is 9.15 Å². The van der Waals surface area contributed by atoms with Crippen LogP contribution >= 0.6 is 11.3 Å². The van der Waals surface area contributed by atoms with Gasteiger partial charge in [0, 0.05) is 11.6 Å². The average molecular weight is 529 g/mol. The number of carboxylic acids is 1. The highest BCUT2D eigenvalue weighted by atomic mass is 32.1. The molecule has 38 heavy (non-hydrogen) atoms. The van der Waals surface area contributed by atoms with E-state index in [9.17, 15) is 19.5 Å². The van der Waals surface area contributed by atoms with Crippen molar-refractivity contribution in [1.82, 2.24) is 4.57 Å². The number of rotatable bonds is 6. The van der Waals surface area contributed by atoms with Crippen LogP contribution in [-0.2, 0) is 9.53 Å². The van der Waals surface area contributed by atoms with Crippen LogP contribution in [-0.4, -0.2) is 28.2 Å². The molecule has 5 rings (SSSR count). The molecule has 0 aliphatic carbocycles. The summed E-state index contributed by atoms with van der Waals surface area (Å²) in [5, 5.41) is 9.44. The van der Waals surface area contributed by atoms with Gasteiger partial charge in [-0.3, -0.25) is 9.36 Å². The third-order valence-corrected chi connectivity index (χ3v) is 7.35. The molecule has 0 radical (unpaired) electrons. The van der Waals surface area contributed by atoms with Crippen molar-refractivity contribution in [2.45, 2.75) is 26.8 Å². The number of nitrogens with zero attached hydrogens (tertiary/aromatic N) is 2. The van der Waals surface area contributed by atoms with Crippen LogP contribution in [0.15, 0.2) is 86.1 Å². The summed E-state index contributed by atoms with van der Waals surface area (Å²) in [5.41, 5.74) is 2.73. The number of benzene rings is 2. The Morgan fingerprint density at radius 2 is 1.87 bits per heavy atom. The second-order valence-electron chi connectivity index (χ2n) is 8.70. The molecule has 0 amide bonds. The molecule has 0 spiro atoms. The van der Waals surface area contributed by atoms with Gasteiger partial charge in [-0.1, -0.05) is 53.8 Å². The SMILES string of the molecule is CCOC(=O)C1=C(C)N=c2s/c(=C\c3ccc(-c4cccc(C(=O)O)c4C)o3)c(=O)n2[C@@H]1c1ccccc1. The number of allylic oxidation sites excluding steroid dienone is 1. The maximum atomic E-state index is 13.7. The van der Waals surface area contributed by atoms with Crippen LogP contribution in [0.3, 0.4) is 0 Å². The molecule has 2 aromatic carbocycles. The smallest absolute Gasteiger partial charge is 0.338 e. The second kappa shape index (κ2) is 10.1. The van der Waals surface area contributed by atoms with Crippen LogP contribution in [0.25, 0.3) is 17.4 Å². The lowest BCUT2D eigenvalue weighted by molar-refractivity contribution is -0.139. The van der Waals surface area contributed by atoms with Gasteiger partial charge in [-0.2, -0.15) is 0 Å². The Balaban J connectivity index is 1.62. The molecular weight excluding hydrogens is 504 g/mol. The van der Waals surface area contributed by atoms with Gasteiger partial charge in [0.2, 0.25) is 0 Å². The van der Waals surface area contributed by atoms with Crippen molar-refractivity contribution in [3.8, 4) is 11.3 Å². The zero-order chi connectivity index (χ0) is 27.0. The van der Waals surface area contributed by atoms with Gasteiger partial charge >= 0.3 is 11.9 Å². The van der Waals surface area contributed by atoms with Gasteiger partial charge in [-0.05, 0) is 50.1 Å². The number of carbonyl (C=O) groups is 2. The van der Waals surface area contributed by atoms with Gasteiger partial charge in [0.1, 0.15) is 11.5 Å². The quantitative estimate of drug-likeness (QED) is 0.378. The highest BCUT2D eigenvalue weighted by molar-refractivity contribution is 7.07. The summed E-state index contributed by atoms with van der Waals surface area (Å²) in [4.78, 5) is 43.2. The lowest BCUT2D eigenvalue weighted by Crippen LogP contribution is -2.39. The lowest BCUT2D eigenvalue weighted by atomic mass is 9.96. The third-order valence-electron chi connectivity index (χ3n) is 6.36. The molecule has 192 valence electrons. The normalized spacial score (nSPS) is 15.2. The predicted octanol–water partition coefficient (Wildman–Crippen LogP) is 4.06. The monoisotopic (exact) mass is 528 g/mol. The Bertz CT molecular complexity index is 1780. The number of thiazole rings is 1. The number of aromatic nitrogens is 1. The molecule has 2 aromatic heterocycles. The number of carboxylic acid groups (broad SMARTS) is 1. The Hall–Kier alpha value is -4.50. The minimum atomic E-state index is -1.01. The molecule has 8 nitrogen and oxygen atoms in total. The van der Waals surface area contributed by atoms with E-state index in [0.29, 0.717) is 43.3 Å². The molecule has 3 heterocycles. The van der Waals surface area contributed by atoms with E-state index in [1.165, 1.54) is 15.9 Å². The van der Waals surface area contributed by atoms with Crippen LogP contribution in [0, 0.1) is 6.92 Å². The van der Waals surface area contributed by atoms with E-state index in [-0.39, 0.29) is 17.7 Å². The Kier molecular flexibility index (Phi) is 6.69. The minimum Gasteiger partial charge on any atom is -0.478 e. The zero-order valence-electron chi connectivity index (χ0n) is 20.9. The molecule has 1 aliphatic rings. The zero-order valence-corrected chi connectivity index (χ0v) is 21.7. The summed E-state index contributed by atoms with van der Waals surface area (Å²) in [6, 6.07) is 17.1. The molecule has 0 fully saturated rings. The summed E-state index contributed by atoms with van der Waals surface area (Å²) >= 11 is 1.20. The van der Waals surface area contributed by atoms with Crippen molar-refractivity contribution in [2.24, 2.45) is 4.99 Å². The summed E-state index contributed by atoms with van der Waals surface area (Å²) in [6.07, 6.45) is 1.63. The highest BCUT2D eigenvalue weighted by Crippen LogP contribution is 2.31. The van der Waals surface area contributed by atoms with Crippen molar-refractivity contribution in [3.05, 3.63) is 114 Å².